The number of hydrogen-bond donors (Lipinski definition) is 2. The number of likely N-dealkylation sites (tertiary alicyclic amines) is 1. The molecule has 0 unspecified atom stereocenters. The van der Waals surface area contributed by atoms with Gasteiger partial charge in [0.25, 0.3) is 5.91 Å². The molecule has 1 fully saturated rings. The summed E-state index contributed by atoms with van der Waals surface area (Å²) in [5.41, 5.74) is 2.24. The highest BCUT2D eigenvalue weighted by molar-refractivity contribution is 5.92. The number of carbonyl (C=O) groups is 2. The van der Waals surface area contributed by atoms with Crippen LogP contribution in [0.4, 0.5) is 0 Å². The van der Waals surface area contributed by atoms with Crippen LogP contribution in [0.3, 0.4) is 0 Å². The van der Waals surface area contributed by atoms with Crippen molar-refractivity contribution in [2.45, 2.75) is 38.9 Å². The lowest BCUT2D eigenvalue weighted by Crippen LogP contribution is -2.42. The first-order valence-corrected chi connectivity index (χ1v) is 9.21. The van der Waals surface area contributed by atoms with Gasteiger partial charge in [0.1, 0.15) is 5.69 Å². The minimum absolute atomic E-state index is 0.0141. The van der Waals surface area contributed by atoms with E-state index in [2.05, 4.69) is 25.6 Å². The van der Waals surface area contributed by atoms with E-state index in [1.807, 2.05) is 32.0 Å². The number of amides is 2. The third-order valence-electron chi connectivity index (χ3n) is 4.65. The molecule has 3 rings (SSSR count). The van der Waals surface area contributed by atoms with Gasteiger partial charge in [0.15, 0.2) is 0 Å². The fourth-order valence-corrected chi connectivity index (χ4v) is 3.44. The van der Waals surface area contributed by atoms with Crippen LogP contribution < -0.4 is 10.6 Å². The molecule has 2 amide bonds. The molecule has 0 aromatic carbocycles. The second-order valence-corrected chi connectivity index (χ2v) is 6.89. The number of hydrogen-bond acceptors (Lipinski definition) is 5. The first-order chi connectivity index (χ1) is 13.0. The Morgan fingerprint density at radius 1 is 1.30 bits per heavy atom. The van der Waals surface area contributed by atoms with E-state index in [1.54, 1.807) is 24.0 Å². The summed E-state index contributed by atoms with van der Waals surface area (Å²) in [5.74, 6) is -0.231. The number of aryl methyl sites for hydroxylation is 2. The molecular weight excluding hydrogens is 344 g/mol. The Balaban J connectivity index is 1.70. The molecule has 2 aromatic rings. The Bertz CT molecular complexity index is 818. The summed E-state index contributed by atoms with van der Waals surface area (Å²) in [7, 11) is 1.77. The summed E-state index contributed by atoms with van der Waals surface area (Å²) in [4.78, 5) is 31.5. The molecule has 27 heavy (non-hydrogen) atoms. The van der Waals surface area contributed by atoms with Gasteiger partial charge in [-0.3, -0.25) is 24.2 Å². The van der Waals surface area contributed by atoms with Crippen LogP contribution >= 0.6 is 0 Å². The van der Waals surface area contributed by atoms with Gasteiger partial charge in [-0.1, -0.05) is 6.07 Å². The molecule has 2 aromatic heterocycles. The van der Waals surface area contributed by atoms with Crippen LogP contribution in [0.1, 0.15) is 35.2 Å². The average Bonchev–Trinajstić information content (AvgIpc) is 3.21. The molecule has 1 aliphatic heterocycles. The summed E-state index contributed by atoms with van der Waals surface area (Å²) < 4.78 is 1.59. The minimum atomic E-state index is -0.290. The van der Waals surface area contributed by atoms with E-state index in [-0.39, 0.29) is 23.9 Å². The summed E-state index contributed by atoms with van der Waals surface area (Å²) in [6, 6.07) is 7.15. The van der Waals surface area contributed by atoms with Crippen LogP contribution in [-0.2, 0) is 18.4 Å². The molecule has 1 aliphatic rings. The molecule has 3 heterocycles. The van der Waals surface area contributed by atoms with Crippen LogP contribution in [-0.4, -0.2) is 56.7 Å². The van der Waals surface area contributed by atoms with Gasteiger partial charge in [0, 0.05) is 44.6 Å². The van der Waals surface area contributed by atoms with Crippen molar-refractivity contribution in [3.63, 3.8) is 0 Å². The normalized spacial score (nSPS) is 19.8. The zero-order valence-electron chi connectivity index (χ0n) is 16.0. The Morgan fingerprint density at radius 2 is 2.11 bits per heavy atom. The molecule has 8 nitrogen and oxygen atoms in total. The molecule has 8 heteroatoms. The second-order valence-electron chi connectivity index (χ2n) is 6.89. The predicted octanol–water partition coefficient (Wildman–Crippen LogP) is 0.633. The van der Waals surface area contributed by atoms with E-state index < -0.39 is 0 Å². The lowest BCUT2D eigenvalue weighted by molar-refractivity contribution is -0.125. The van der Waals surface area contributed by atoms with Crippen molar-refractivity contribution in [3.8, 4) is 0 Å². The van der Waals surface area contributed by atoms with Gasteiger partial charge in [-0.15, -0.1) is 0 Å². The lowest BCUT2D eigenvalue weighted by Gasteiger charge is -2.22. The van der Waals surface area contributed by atoms with E-state index >= 15 is 0 Å². The highest BCUT2D eigenvalue weighted by atomic mass is 16.2. The van der Waals surface area contributed by atoms with E-state index in [4.69, 9.17) is 0 Å². The van der Waals surface area contributed by atoms with Gasteiger partial charge in [-0.2, -0.15) is 5.10 Å². The molecule has 2 atom stereocenters. The maximum atomic E-state index is 12.5. The molecule has 0 radical (unpaired) electrons. The van der Waals surface area contributed by atoms with Crippen molar-refractivity contribution >= 4 is 11.8 Å². The van der Waals surface area contributed by atoms with Gasteiger partial charge in [0.05, 0.1) is 11.7 Å². The number of pyridine rings is 1. The molecule has 2 N–H and O–H groups in total. The molecule has 0 spiro atoms. The Labute approximate surface area is 159 Å². The van der Waals surface area contributed by atoms with Crippen LogP contribution in [0.15, 0.2) is 30.5 Å². The zero-order chi connectivity index (χ0) is 19.4. The Kier molecular flexibility index (Phi) is 5.85. The highest BCUT2D eigenvalue weighted by Crippen LogP contribution is 2.21. The van der Waals surface area contributed by atoms with Crippen LogP contribution in [0.5, 0.6) is 0 Å². The average molecular weight is 370 g/mol. The summed E-state index contributed by atoms with van der Waals surface area (Å²) in [6.45, 7) is 5.59. The molecule has 0 bridgehead atoms. The van der Waals surface area contributed by atoms with Crippen molar-refractivity contribution < 1.29 is 9.59 Å². The van der Waals surface area contributed by atoms with Gasteiger partial charge >= 0.3 is 0 Å². The molecule has 0 aliphatic carbocycles. The monoisotopic (exact) mass is 370 g/mol. The van der Waals surface area contributed by atoms with Crippen molar-refractivity contribution in [1.82, 2.24) is 30.3 Å². The van der Waals surface area contributed by atoms with Crippen molar-refractivity contribution in [2.24, 2.45) is 7.05 Å². The van der Waals surface area contributed by atoms with E-state index in [1.165, 1.54) is 0 Å². The van der Waals surface area contributed by atoms with Crippen LogP contribution in [0, 0.1) is 6.92 Å². The number of aromatic nitrogens is 3. The number of carbonyl (C=O) groups excluding carboxylic acids is 2. The number of nitrogens with one attached hydrogen (secondary N) is 2. The molecule has 0 saturated carbocycles. The summed E-state index contributed by atoms with van der Waals surface area (Å²) in [5, 5.41) is 10.0. The number of likely N-dealkylation sites (N-methyl/N-ethyl adjacent to an activating group) is 1. The SMILES string of the molecule is CCNC(=O)[C@@H]1C[C@@H](NC(=O)c2ccn(C)n2)CN1Cc1cccc(C)n1. The van der Waals surface area contributed by atoms with Gasteiger partial charge in [0.2, 0.25) is 5.91 Å². The Morgan fingerprint density at radius 3 is 2.78 bits per heavy atom. The summed E-state index contributed by atoms with van der Waals surface area (Å²) >= 11 is 0. The number of rotatable bonds is 6. The Hall–Kier alpha value is -2.74. The van der Waals surface area contributed by atoms with Crippen LogP contribution in [0.25, 0.3) is 0 Å². The first kappa shape index (κ1) is 19.0. The third kappa shape index (κ3) is 4.71. The minimum Gasteiger partial charge on any atom is -0.355 e. The fraction of sp³-hybridized carbons (Fsp3) is 0.474. The molecule has 1 saturated heterocycles. The van der Waals surface area contributed by atoms with Crippen molar-refractivity contribution in [1.29, 1.82) is 0 Å². The van der Waals surface area contributed by atoms with E-state index in [0.29, 0.717) is 31.7 Å². The third-order valence-corrected chi connectivity index (χ3v) is 4.65. The smallest absolute Gasteiger partial charge is 0.272 e. The zero-order valence-corrected chi connectivity index (χ0v) is 16.0. The van der Waals surface area contributed by atoms with Gasteiger partial charge in [-0.05, 0) is 38.5 Å². The van der Waals surface area contributed by atoms with E-state index in [9.17, 15) is 9.59 Å². The van der Waals surface area contributed by atoms with Crippen LogP contribution in [0.2, 0.25) is 0 Å². The van der Waals surface area contributed by atoms with E-state index in [0.717, 1.165) is 11.4 Å². The lowest BCUT2D eigenvalue weighted by atomic mass is 10.1. The fourth-order valence-electron chi connectivity index (χ4n) is 3.44. The summed E-state index contributed by atoms with van der Waals surface area (Å²) in [6.07, 6.45) is 2.30. The first-order valence-electron chi connectivity index (χ1n) is 9.21. The molecule has 144 valence electrons. The van der Waals surface area contributed by atoms with Gasteiger partial charge in [-0.25, -0.2) is 0 Å². The van der Waals surface area contributed by atoms with Crippen molar-refractivity contribution in [3.05, 3.63) is 47.5 Å². The quantitative estimate of drug-likeness (QED) is 0.778. The maximum absolute atomic E-state index is 12.5. The number of nitrogens with zero attached hydrogens (tertiary/aromatic N) is 4. The largest absolute Gasteiger partial charge is 0.355 e. The van der Waals surface area contributed by atoms with Gasteiger partial charge < -0.3 is 10.6 Å². The van der Waals surface area contributed by atoms with Crippen molar-refractivity contribution in [2.75, 3.05) is 13.1 Å². The standard InChI is InChI=1S/C19H26N6O2/c1-4-20-19(27)17-10-15(22-18(26)16-8-9-24(3)23-16)12-25(17)11-14-7-5-6-13(2)21-14/h5-9,15,17H,4,10-12H2,1-3H3,(H,20,27)(H,22,26)/t15-,17+/m1/s1. The second kappa shape index (κ2) is 8.30. The predicted molar refractivity (Wildman–Crippen MR) is 101 cm³/mol. The highest BCUT2D eigenvalue weighted by Gasteiger charge is 2.37. The maximum Gasteiger partial charge on any atom is 0.272 e. The topological polar surface area (TPSA) is 92.2 Å². The molecular formula is C19H26N6O2.